The molecule has 7 heteroatoms. The maximum atomic E-state index is 13.2. The summed E-state index contributed by atoms with van der Waals surface area (Å²) in [5.74, 6) is -0.315. The number of hydrogen-bond donors (Lipinski definition) is 1. The molecule has 0 saturated carbocycles. The summed E-state index contributed by atoms with van der Waals surface area (Å²) < 4.78 is 10.9. The van der Waals surface area contributed by atoms with E-state index in [9.17, 15) is 14.7 Å². The number of carbonyl (C=O) groups is 2. The fourth-order valence-corrected chi connectivity index (χ4v) is 4.08. The monoisotopic (exact) mass is 464 g/mol. The maximum Gasteiger partial charge on any atom is 0.295 e. The van der Waals surface area contributed by atoms with Gasteiger partial charge in [-0.25, -0.2) is 0 Å². The Morgan fingerprint density at radius 1 is 1.12 bits per heavy atom. The number of likely N-dealkylation sites (N-methyl/N-ethyl adjacent to an activating group) is 1. The number of aliphatic hydroxyl groups is 1. The second kappa shape index (κ2) is 11.5. The van der Waals surface area contributed by atoms with E-state index in [2.05, 4.69) is 25.3 Å². The van der Waals surface area contributed by atoms with Crippen LogP contribution in [0.4, 0.5) is 0 Å². The van der Waals surface area contributed by atoms with Gasteiger partial charge in [-0.15, -0.1) is 0 Å². The third kappa shape index (κ3) is 5.31. The van der Waals surface area contributed by atoms with Crippen LogP contribution in [0.25, 0.3) is 5.76 Å². The van der Waals surface area contributed by atoms with E-state index in [-0.39, 0.29) is 11.3 Å². The molecule has 2 aromatic carbocycles. The van der Waals surface area contributed by atoms with Gasteiger partial charge < -0.3 is 24.4 Å². The van der Waals surface area contributed by atoms with Gasteiger partial charge in [-0.3, -0.25) is 9.59 Å². The van der Waals surface area contributed by atoms with Gasteiger partial charge >= 0.3 is 0 Å². The zero-order chi connectivity index (χ0) is 24.7. The van der Waals surface area contributed by atoms with Crippen molar-refractivity contribution < 1.29 is 24.2 Å². The third-order valence-corrected chi connectivity index (χ3v) is 6.00. The molecule has 1 atom stereocenters. The molecular formula is C27H32N2O5. The summed E-state index contributed by atoms with van der Waals surface area (Å²) >= 11 is 0. The zero-order valence-electron chi connectivity index (χ0n) is 20.0. The number of carbonyl (C=O) groups excluding carboxylic acids is 2. The van der Waals surface area contributed by atoms with Crippen molar-refractivity contribution in [2.24, 2.45) is 0 Å². The van der Waals surface area contributed by atoms with Gasteiger partial charge in [-0.1, -0.05) is 38.6 Å². The predicted molar refractivity (Wildman–Crippen MR) is 132 cm³/mol. The third-order valence-electron chi connectivity index (χ3n) is 6.00. The van der Waals surface area contributed by atoms with E-state index < -0.39 is 17.7 Å². The lowest BCUT2D eigenvalue weighted by Crippen LogP contribution is -2.38. The predicted octanol–water partition coefficient (Wildman–Crippen LogP) is 4.02. The molecule has 0 aliphatic carbocycles. The Morgan fingerprint density at radius 2 is 1.82 bits per heavy atom. The summed E-state index contributed by atoms with van der Waals surface area (Å²) in [6.07, 6.45) is 1.65. The Kier molecular flexibility index (Phi) is 8.49. The number of nitrogens with zero attached hydrogens (tertiary/aromatic N) is 2. The van der Waals surface area contributed by atoms with Crippen LogP contribution in [-0.2, 0) is 9.59 Å². The van der Waals surface area contributed by atoms with Gasteiger partial charge in [-0.05, 0) is 55.1 Å². The molecule has 1 fully saturated rings. The smallest absolute Gasteiger partial charge is 0.295 e. The largest absolute Gasteiger partial charge is 0.507 e. The number of hydrogen-bond acceptors (Lipinski definition) is 6. The first-order chi connectivity index (χ1) is 16.4. The average Bonchev–Trinajstić information content (AvgIpc) is 3.13. The summed E-state index contributed by atoms with van der Waals surface area (Å²) in [6.45, 7) is 10.8. The minimum Gasteiger partial charge on any atom is -0.507 e. The fourth-order valence-electron chi connectivity index (χ4n) is 4.08. The van der Waals surface area contributed by atoms with Crippen LogP contribution in [0.2, 0.25) is 0 Å². The Bertz CT molecular complexity index is 1060. The van der Waals surface area contributed by atoms with E-state index in [0.29, 0.717) is 42.3 Å². The molecular weight excluding hydrogens is 432 g/mol. The van der Waals surface area contributed by atoms with Crippen molar-refractivity contribution in [3.05, 3.63) is 77.9 Å². The molecule has 1 N–H and O–H groups in total. The van der Waals surface area contributed by atoms with E-state index in [1.54, 1.807) is 54.5 Å². The molecule has 1 heterocycles. The molecule has 0 aromatic heterocycles. The van der Waals surface area contributed by atoms with Crippen LogP contribution in [0, 0.1) is 0 Å². The minimum absolute atomic E-state index is 0.0654. The van der Waals surface area contributed by atoms with E-state index in [0.717, 1.165) is 13.1 Å². The standard InChI is InChI=1S/C27H32N2O5/c1-5-17-34-22-10-8-9-20(18-22)24-23(25(30)19-11-13-21(33-4)14-12-19)26(31)27(32)29(24)16-15-28(6-2)7-3/h5,8-14,18,24,30H,1,6-7,15-17H2,2-4H3/b25-23+/t24-/m0/s1. The lowest BCUT2D eigenvalue weighted by atomic mass is 9.95. The lowest BCUT2D eigenvalue weighted by molar-refractivity contribution is -0.140. The zero-order valence-corrected chi connectivity index (χ0v) is 20.0. The highest BCUT2D eigenvalue weighted by Crippen LogP contribution is 2.40. The van der Waals surface area contributed by atoms with E-state index in [1.165, 1.54) is 0 Å². The van der Waals surface area contributed by atoms with Crippen molar-refractivity contribution in [1.29, 1.82) is 0 Å². The molecule has 1 saturated heterocycles. The number of ketones is 1. The number of aliphatic hydroxyl groups excluding tert-OH is 1. The first kappa shape index (κ1) is 25.1. The Balaban J connectivity index is 2.09. The van der Waals surface area contributed by atoms with E-state index >= 15 is 0 Å². The Hall–Kier alpha value is -3.58. The Morgan fingerprint density at radius 3 is 2.44 bits per heavy atom. The molecule has 0 unspecified atom stereocenters. The molecule has 34 heavy (non-hydrogen) atoms. The maximum absolute atomic E-state index is 13.2. The number of likely N-dealkylation sites (tertiary alicyclic amines) is 1. The second-order valence-corrected chi connectivity index (χ2v) is 7.92. The van der Waals surface area contributed by atoms with Crippen molar-refractivity contribution >= 4 is 17.4 Å². The van der Waals surface area contributed by atoms with Crippen molar-refractivity contribution in [2.75, 3.05) is 39.9 Å². The molecule has 2 aromatic rings. The molecule has 0 bridgehead atoms. The first-order valence-corrected chi connectivity index (χ1v) is 11.4. The molecule has 1 aliphatic heterocycles. The first-order valence-electron chi connectivity index (χ1n) is 11.4. The molecule has 0 spiro atoms. The normalized spacial score (nSPS) is 17.3. The summed E-state index contributed by atoms with van der Waals surface area (Å²) in [5, 5.41) is 11.2. The van der Waals surface area contributed by atoms with Gasteiger partial charge in [0.1, 0.15) is 23.9 Å². The van der Waals surface area contributed by atoms with Crippen LogP contribution < -0.4 is 9.47 Å². The molecule has 180 valence electrons. The minimum atomic E-state index is -0.732. The summed E-state index contributed by atoms with van der Waals surface area (Å²) in [4.78, 5) is 30.0. The van der Waals surface area contributed by atoms with Gasteiger partial charge in [0.2, 0.25) is 0 Å². The van der Waals surface area contributed by atoms with Gasteiger partial charge in [-0.2, -0.15) is 0 Å². The highest BCUT2D eigenvalue weighted by Gasteiger charge is 2.46. The number of rotatable bonds is 11. The van der Waals surface area contributed by atoms with Crippen LogP contribution in [0.5, 0.6) is 11.5 Å². The van der Waals surface area contributed by atoms with Gasteiger partial charge in [0.05, 0.1) is 18.7 Å². The van der Waals surface area contributed by atoms with Crippen molar-refractivity contribution in [2.45, 2.75) is 19.9 Å². The van der Waals surface area contributed by atoms with Crippen molar-refractivity contribution in [3.63, 3.8) is 0 Å². The van der Waals surface area contributed by atoms with Crippen LogP contribution >= 0.6 is 0 Å². The molecule has 0 radical (unpaired) electrons. The van der Waals surface area contributed by atoms with Crippen LogP contribution in [0.3, 0.4) is 0 Å². The number of benzene rings is 2. The topological polar surface area (TPSA) is 79.3 Å². The highest BCUT2D eigenvalue weighted by atomic mass is 16.5. The quantitative estimate of drug-likeness (QED) is 0.234. The second-order valence-electron chi connectivity index (χ2n) is 7.92. The van der Waals surface area contributed by atoms with Crippen LogP contribution in [0.15, 0.2) is 66.8 Å². The number of ether oxygens (including phenoxy) is 2. The van der Waals surface area contributed by atoms with Gasteiger partial charge in [0.15, 0.2) is 0 Å². The number of Topliss-reactive ketones (excluding diaryl/α,β-unsaturated/α-hetero) is 1. The Labute approximate surface area is 200 Å². The van der Waals surface area contributed by atoms with Crippen LogP contribution in [-0.4, -0.2) is 66.5 Å². The van der Waals surface area contributed by atoms with E-state index in [4.69, 9.17) is 9.47 Å². The number of methoxy groups -OCH3 is 1. The lowest BCUT2D eigenvalue weighted by Gasteiger charge is -2.28. The summed E-state index contributed by atoms with van der Waals surface area (Å²) in [7, 11) is 1.55. The highest BCUT2D eigenvalue weighted by molar-refractivity contribution is 6.46. The number of amides is 1. The van der Waals surface area contributed by atoms with Crippen molar-refractivity contribution in [3.8, 4) is 11.5 Å². The molecule has 1 aliphatic rings. The molecule has 7 nitrogen and oxygen atoms in total. The molecule has 3 rings (SSSR count). The average molecular weight is 465 g/mol. The van der Waals surface area contributed by atoms with Gasteiger partial charge in [0, 0.05) is 18.7 Å². The summed E-state index contributed by atoms with van der Waals surface area (Å²) in [5.41, 5.74) is 1.19. The summed E-state index contributed by atoms with van der Waals surface area (Å²) in [6, 6.07) is 13.2. The van der Waals surface area contributed by atoms with E-state index in [1.807, 2.05) is 12.1 Å². The van der Waals surface area contributed by atoms with Crippen molar-refractivity contribution in [1.82, 2.24) is 9.80 Å². The fraction of sp³-hybridized carbons (Fsp3) is 0.333. The SMILES string of the molecule is C=CCOc1cccc([C@H]2/C(=C(\O)c3ccc(OC)cc3)C(=O)C(=O)N2CCN(CC)CC)c1. The van der Waals surface area contributed by atoms with Crippen LogP contribution in [0.1, 0.15) is 31.0 Å². The van der Waals surface area contributed by atoms with Gasteiger partial charge in [0.25, 0.3) is 11.7 Å². The molecule has 1 amide bonds.